The second-order valence-corrected chi connectivity index (χ2v) is 9.34. The number of aromatic nitrogens is 2. The minimum atomic E-state index is -5.08. The molecule has 1 aromatic rings. The molecule has 0 radical (unpaired) electrons. The largest absolute Gasteiger partial charge is 0.490 e. The highest BCUT2D eigenvalue weighted by atomic mass is 33.1. The maximum Gasteiger partial charge on any atom is 0.490 e. The predicted molar refractivity (Wildman–Crippen MR) is 105 cm³/mol. The minimum absolute atomic E-state index is 0.0904. The number of hydrogen-bond acceptors (Lipinski definition) is 6. The molecule has 0 aliphatic heterocycles. The fraction of sp³-hybridized carbons (Fsp3) is 0.625. The summed E-state index contributed by atoms with van der Waals surface area (Å²) >= 11 is 0. The van der Waals surface area contributed by atoms with Crippen LogP contribution in [0.2, 0.25) is 0 Å². The predicted octanol–water partition coefficient (Wildman–Crippen LogP) is 2.94. The molecule has 0 aliphatic carbocycles. The Morgan fingerprint density at radius 1 is 1.14 bits per heavy atom. The molecule has 0 spiro atoms. The molecule has 0 fully saturated rings. The number of rotatable bonds is 8. The maximum absolute atomic E-state index is 12.1. The van der Waals surface area contributed by atoms with Crippen molar-refractivity contribution in [1.29, 1.82) is 0 Å². The molecule has 0 aromatic carbocycles. The number of carbonyl (C=O) groups excluding carboxylic acids is 1. The molecule has 0 aliphatic rings. The monoisotopic (exact) mass is 459 g/mol. The summed E-state index contributed by atoms with van der Waals surface area (Å²) in [7, 11) is 4.83. The number of aryl methyl sites for hydroxylation is 1. The summed E-state index contributed by atoms with van der Waals surface area (Å²) in [6, 6.07) is 1.82. The third kappa shape index (κ3) is 11.6. The molecular weight excluding hydrogens is 435 g/mol. The first-order chi connectivity index (χ1) is 13.2. The van der Waals surface area contributed by atoms with Crippen LogP contribution in [0.15, 0.2) is 6.07 Å². The number of hydrogen-bond donors (Lipinski definition) is 3. The van der Waals surface area contributed by atoms with Gasteiger partial charge in [0.1, 0.15) is 5.69 Å². The van der Waals surface area contributed by atoms with Crippen LogP contribution < -0.4 is 5.32 Å². The highest BCUT2D eigenvalue weighted by Gasteiger charge is 2.38. The van der Waals surface area contributed by atoms with Crippen molar-refractivity contribution in [3.63, 3.8) is 0 Å². The molecule has 1 rings (SSSR count). The fourth-order valence-electron chi connectivity index (χ4n) is 1.59. The Hall–Kier alpha value is -1.89. The van der Waals surface area contributed by atoms with E-state index in [2.05, 4.69) is 31.2 Å². The molecule has 1 amide bonds. The zero-order valence-electron chi connectivity index (χ0n) is 16.4. The summed E-state index contributed by atoms with van der Waals surface area (Å²) in [6.07, 6.45) is -4.92. The third-order valence-electron chi connectivity index (χ3n) is 3.08. The summed E-state index contributed by atoms with van der Waals surface area (Å²) in [4.78, 5) is 31.4. The standard InChI is InChI=1S/C14H23N3O3S2.C2HF3O2/c1-14(2,3)11-9-10(17(4)16-11)13(20)15-6-8-22-21-7-5-12(18)19;3-2(4,5)1(6)7/h9H,5-8H2,1-4H3,(H,15,20)(H,18,19);(H,6,7). The Bertz CT molecular complexity index is 703. The summed E-state index contributed by atoms with van der Waals surface area (Å²) in [5.41, 5.74) is 1.35. The lowest BCUT2D eigenvalue weighted by atomic mass is 9.92. The van der Waals surface area contributed by atoms with E-state index in [1.165, 1.54) is 10.8 Å². The number of alkyl halides is 3. The second kappa shape index (κ2) is 12.0. The van der Waals surface area contributed by atoms with E-state index < -0.39 is 18.1 Å². The lowest BCUT2D eigenvalue weighted by molar-refractivity contribution is -0.192. The highest BCUT2D eigenvalue weighted by molar-refractivity contribution is 8.76. The van der Waals surface area contributed by atoms with Gasteiger partial charge in [-0.2, -0.15) is 18.3 Å². The van der Waals surface area contributed by atoms with E-state index in [9.17, 15) is 22.8 Å². The first kappa shape index (κ1) is 27.1. The van der Waals surface area contributed by atoms with Gasteiger partial charge in [0, 0.05) is 30.5 Å². The van der Waals surface area contributed by atoms with E-state index in [-0.39, 0.29) is 17.7 Å². The Balaban J connectivity index is 0.000000956. The van der Waals surface area contributed by atoms with Crippen LogP contribution in [-0.4, -0.2) is 62.1 Å². The number of amides is 1. The Morgan fingerprint density at radius 2 is 1.66 bits per heavy atom. The zero-order valence-corrected chi connectivity index (χ0v) is 18.0. The van der Waals surface area contributed by atoms with Gasteiger partial charge < -0.3 is 15.5 Å². The van der Waals surface area contributed by atoms with Gasteiger partial charge >= 0.3 is 18.1 Å². The zero-order chi connectivity index (χ0) is 22.8. The van der Waals surface area contributed by atoms with Crippen LogP contribution in [0.25, 0.3) is 0 Å². The van der Waals surface area contributed by atoms with E-state index in [1.807, 2.05) is 6.07 Å². The number of nitrogens with one attached hydrogen (secondary N) is 1. The van der Waals surface area contributed by atoms with Crippen LogP contribution in [0.1, 0.15) is 43.4 Å². The van der Waals surface area contributed by atoms with Gasteiger partial charge in [0.2, 0.25) is 0 Å². The fourth-order valence-corrected chi connectivity index (χ4v) is 3.48. The number of carbonyl (C=O) groups is 3. The number of halogens is 3. The van der Waals surface area contributed by atoms with Gasteiger partial charge in [-0.25, -0.2) is 4.79 Å². The summed E-state index contributed by atoms with van der Waals surface area (Å²) in [6.45, 7) is 6.71. The van der Waals surface area contributed by atoms with Gasteiger partial charge in [-0.15, -0.1) is 0 Å². The lowest BCUT2D eigenvalue weighted by Crippen LogP contribution is -2.27. The van der Waals surface area contributed by atoms with Crippen molar-refractivity contribution in [2.45, 2.75) is 38.8 Å². The van der Waals surface area contributed by atoms with Gasteiger partial charge in [-0.1, -0.05) is 42.4 Å². The average molecular weight is 460 g/mol. The Labute approximate surface area is 174 Å². The quantitative estimate of drug-likeness (QED) is 0.401. The van der Waals surface area contributed by atoms with E-state index in [1.54, 1.807) is 22.5 Å². The normalized spacial score (nSPS) is 11.4. The molecule has 29 heavy (non-hydrogen) atoms. The van der Waals surface area contributed by atoms with Crippen molar-refractivity contribution in [3.8, 4) is 0 Å². The van der Waals surface area contributed by atoms with E-state index >= 15 is 0 Å². The Morgan fingerprint density at radius 3 is 2.07 bits per heavy atom. The smallest absolute Gasteiger partial charge is 0.481 e. The Kier molecular flexibility index (Phi) is 11.2. The van der Waals surface area contributed by atoms with Crippen molar-refractivity contribution in [1.82, 2.24) is 15.1 Å². The van der Waals surface area contributed by atoms with Crippen molar-refractivity contribution < 1.29 is 37.8 Å². The van der Waals surface area contributed by atoms with Crippen molar-refractivity contribution >= 4 is 39.4 Å². The second-order valence-electron chi connectivity index (χ2n) is 6.63. The molecular formula is C16H24F3N3O5S2. The first-order valence-corrected chi connectivity index (χ1v) is 10.7. The van der Waals surface area contributed by atoms with Crippen LogP contribution in [0.3, 0.4) is 0 Å². The van der Waals surface area contributed by atoms with Gasteiger partial charge in [-0.05, 0) is 6.07 Å². The maximum atomic E-state index is 12.1. The minimum Gasteiger partial charge on any atom is -0.481 e. The van der Waals surface area contributed by atoms with Crippen LogP contribution in [0.4, 0.5) is 13.2 Å². The number of aliphatic carboxylic acids is 2. The van der Waals surface area contributed by atoms with Crippen molar-refractivity contribution in [2.75, 3.05) is 18.1 Å². The molecule has 0 bridgehead atoms. The molecule has 13 heteroatoms. The summed E-state index contributed by atoms with van der Waals surface area (Å²) in [5, 5.41) is 22.9. The van der Waals surface area contributed by atoms with Crippen LogP contribution in [0.5, 0.6) is 0 Å². The summed E-state index contributed by atoms with van der Waals surface area (Å²) < 4.78 is 33.3. The SMILES string of the molecule is Cn1nc(C(C)(C)C)cc1C(=O)NCCSSCCC(=O)O.O=C(O)C(F)(F)F. The van der Waals surface area contributed by atoms with Crippen LogP contribution >= 0.6 is 21.6 Å². The summed E-state index contributed by atoms with van der Waals surface area (Å²) in [5.74, 6) is -2.37. The average Bonchev–Trinajstić information content (AvgIpc) is 2.95. The molecule has 0 unspecified atom stereocenters. The molecule has 0 atom stereocenters. The molecule has 8 nitrogen and oxygen atoms in total. The van der Waals surface area contributed by atoms with E-state index in [0.717, 1.165) is 11.4 Å². The van der Waals surface area contributed by atoms with Crippen molar-refractivity contribution in [3.05, 3.63) is 17.5 Å². The van der Waals surface area contributed by atoms with Gasteiger partial charge in [0.05, 0.1) is 12.1 Å². The third-order valence-corrected chi connectivity index (χ3v) is 5.49. The molecule has 0 saturated heterocycles. The molecule has 0 saturated carbocycles. The number of nitrogens with zero attached hydrogens (tertiary/aromatic N) is 2. The molecule has 1 aromatic heterocycles. The number of carboxylic acids is 2. The lowest BCUT2D eigenvalue weighted by Gasteiger charge is -2.13. The molecule has 166 valence electrons. The topological polar surface area (TPSA) is 122 Å². The van der Waals surface area contributed by atoms with Gasteiger partial charge in [0.15, 0.2) is 0 Å². The first-order valence-electron chi connectivity index (χ1n) is 8.25. The van der Waals surface area contributed by atoms with E-state index in [4.69, 9.17) is 15.0 Å². The van der Waals surface area contributed by atoms with Crippen LogP contribution in [0, 0.1) is 0 Å². The molecule has 3 N–H and O–H groups in total. The number of carboxylic acid groups (broad SMARTS) is 2. The van der Waals surface area contributed by atoms with E-state index in [0.29, 0.717) is 18.0 Å². The van der Waals surface area contributed by atoms with Crippen molar-refractivity contribution in [2.24, 2.45) is 7.05 Å². The van der Waals surface area contributed by atoms with Gasteiger partial charge in [0.25, 0.3) is 5.91 Å². The highest BCUT2D eigenvalue weighted by Crippen LogP contribution is 2.22. The van der Waals surface area contributed by atoms with Gasteiger partial charge in [-0.3, -0.25) is 14.3 Å². The molecule has 1 heterocycles. The van der Waals surface area contributed by atoms with Crippen LogP contribution in [-0.2, 0) is 22.1 Å².